The molecule has 0 unspecified atom stereocenters. The van der Waals surface area contributed by atoms with E-state index < -0.39 is 5.54 Å². The molecule has 0 bridgehead atoms. The third-order valence-electron chi connectivity index (χ3n) is 5.50. The van der Waals surface area contributed by atoms with E-state index in [0.29, 0.717) is 43.9 Å². The van der Waals surface area contributed by atoms with Crippen molar-refractivity contribution in [2.24, 2.45) is 0 Å². The molecule has 8 nitrogen and oxygen atoms in total. The summed E-state index contributed by atoms with van der Waals surface area (Å²) in [6.07, 6.45) is 2.24. The minimum Gasteiger partial charge on any atom is -0.384 e. The lowest BCUT2D eigenvalue weighted by Crippen LogP contribution is -2.57. The van der Waals surface area contributed by atoms with Crippen LogP contribution in [0.1, 0.15) is 28.8 Å². The van der Waals surface area contributed by atoms with Gasteiger partial charge in [-0.3, -0.25) is 14.9 Å². The van der Waals surface area contributed by atoms with Crippen LogP contribution in [0.3, 0.4) is 0 Å². The number of anilines is 1. The zero-order valence-corrected chi connectivity index (χ0v) is 15.3. The third kappa shape index (κ3) is 3.06. The van der Waals surface area contributed by atoms with Gasteiger partial charge >= 0.3 is 6.03 Å². The molecule has 2 saturated heterocycles. The number of urea groups is 1. The number of carbonyl (C=O) groups excluding carboxylic acids is 3. The van der Waals surface area contributed by atoms with Crippen LogP contribution in [0.25, 0.3) is 0 Å². The second-order valence-electron chi connectivity index (χ2n) is 7.13. The quantitative estimate of drug-likeness (QED) is 0.784. The Morgan fingerprint density at radius 1 is 1.11 bits per heavy atom. The monoisotopic (exact) mass is 379 g/mol. The molecule has 4 rings (SSSR count). The van der Waals surface area contributed by atoms with Crippen LogP contribution in [0.4, 0.5) is 10.6 Å². The van der Waals surface area contributed by atoms with E-state index in [1.165, 1.54) is 6.20 Å². The molecule has 3 heterocycles. The van der Waals surface area contributed by atoms with Crippen molar-refractivity contribution < 1.29 is 14.4 Å². The highest BCUT2D eigenvalue weighted by atomic mass is 16.2. The van der Waals surface area contributed by atoms with Crippen molar-refractivity contribution in [2.75, 3.05) is 18.8 Å². The number of hydrogen-bond donors (Lipinski definition) is 2. The van der Waals surface area contributed by atoms with Crippen molar-refractivity contribution in [3.8, 4) is 0 Å². The number of nitrogens with zero attached hydrogens (tertiary/aromatic N) is 3. The normalized spacial score (nSPS) is 18.4. The fourth-order valence-corrected chi connectivity index (χ4v) is 3.88. The van der Waals surface area contributed by atoms with Crippen molar-refractivity contribution in [2.45, 2.75) is 24.9 Å². The molecule has 2 aliphatic heterocycles. The van der Waals surface area contributed by atoms with E-state index in [1.807, 2.05) is 30.3 Å². The standard InChI is InChI=1S/C20H21N5O3/c21-16-7-6-15(12-22-16)17(26)24-10-8-20(9-11-24)18(27)23-19(28)25(20)13-14-4-2-1-3-5-14/h1-7,12H,8-11,13H2,(H2,21,22)(H,23,27,28). The molecular weight excluding hydrogens is 358 g/mol. The molecule has 1 aromatic heterocycles. The Labute approximate surface area is 162 Å². The first-order chi connectivity index (χ1) is 13.5. The molecule has 0 atom stereocenters. The summed E-state index contributed by atoms with van der Waals surface area (Å²) in [6, 6.07) is 12.4. The number of nitrogens with one attached hydrogen (secondary N) is 1. The number of benzene rings is 1. The maximum Gasteiger partial charge on any atom is 0.325 e. The number of imide groups is 1. The number of amides is 4. The average Bonchev–Trinajstić information content (AvgIpc) is 2.93. The molecule has 4 amide bonds. The molecular formula is C20H21N5O3. The Morgan fingerprint density at radius 3 is 2.46 bits per heavy atom. The minimum absolute atomic E-state index is 0.151. The number of hydrogen-bond acceptors (Lipinski definition) is 5. The Bertz CT molecular complexity index is 905. The number of aromatic nitrogens is 1. The maximum absolute atomic E-state index is 12.7. The smallest absolute Gasteiger partial charge is 0.325 e. The predicted octanol–water partition coefficient (Wildman–Crippen LogP) is 1.39. The van der Waals surface area contributed by atoms with Crippen LogP contribution in [0, 0.1) is 0 Å². The van der Waals surface area contributed by atoms with Crippen LogP contribution in [-0.4, -0.2) is 51.3 Å². The van der Waals surface area contributed by atoms with E-state index in [9.17, 15) is 14.4 Å². The highest BCUT2D eigenvalue weighted by Crippen LogP contribution is 2.35. The molecule has 8 heteroatoms. The summed E-state index contributed by atoms with van der Waals surface area (Å²) in [5.41, 5.74) is 6.07. The van der Waals surface area contributed by atoms with Crippen LogP contribution in [0.2, 0.25) is 0 Å². The largest absolute Gasteiger partial charge is 0.384 e. The number of likely N-dealkylation sites (tertiary alicyclic amines) is 1. The van der Waals surface area contributed by atoms with Crippen molar-refractivity contribution in [3.05, 3.63) is 59.8 Å². The van der Waals surface area contributed by atoms with Gasteiger partial charge in [0.25, 0.3) is 11.8 Å². The molecule has 28 heavy (non-hydrogen) atoms. The molecule has 0 aliphatic carbocycles. The van der Waals surface area contributed by atoms with E-state index in [1.54, 1.807) is 21.9 Å². The molecule has 1 aromatic carbocycles. The topological polar surface area (TPSA) is 109 Å². The number of pyridine rings is 1. The highest BCUT2D eigenvalue weighted by molar-refractivity contribution is 6.07. The van der Waals surface area contributed by atoms with Crippen LogP contribution in [0.5, 0.6) is 0 Å². The molecule has 1 spiro atoms. The number of piperidine rings is 1. The van der Waals surface area contributed by atoms with Crippen molar-refractivity contribution in [1.82, 2.24) is 20.1 Å². The number of rotatable bonds is 3. The van der Waals surface area contributed by atoms with Crippen LogP contribution < -0.4 is 11.1 Å². The van der Waals surface area contributed by atoms with Crippen molar-refractivity contribution in [1.29, 1.82) is 0 Å². The summed E-state index contributed by atoms with van der Waals surface area (Å²) in [4.78, 5) is 45.0. The number of carbonyl (C=O) groups is 3. The molecule has 0 radical (unpaired) electrons. The minimum atomic E-state index is -0.914. The first-order valence-electron chi connectivity index (χ1n) is 9.17. The van der Waals surface area contributed by atoms with Crippen molar-refractivity contribution in [3.63, 3.8) is 0 Å². The third-order valence-corrected chi connectivity index (χ3v) is 5.50. The Balaban J connectivity index is 1.50. The van der Waals surface area contributed by atoms with E-state index in [-0.39, 0.29) is 17.8 Å². The average molecular weight is 379 g/mol. The zero-order chi connectivity index (χ0) is 19.7. The van der Waals surface area contributed by atoms with Gasteiger partial charge in [-0.15, -0.1) is 0 Å². The van der Waals surface area contributed by atoms with Crippen LogP contribution in [-0.2, 0) is 11.3 Å². The van der Waals surface area contributed by atoms with Crippen LogP contribution in [0.15, 0.2) is 48.7 Å². The van der Waals surface area contributed by atoms with E-state index in [2.05, 4.69) is 10.3 Å². The number of nitrogen functional groups attached to an aromatic ring is 1. The maximum atomic E-state index is 12.7. The second-order valence-corrected chi connectivity index (χ2v) is 7.13. The molecule has 2 aromatic rings. The SMILES string of the molecule is Nc1ccc(C(=O)N2CCC3(CC2)C(=O)NC(=O)N3Cc2ccccc2)cn1. The summed E-state index contributed by atoms with van der Waals surface area (Å²) in [5, 5.41) is 2.45. The molecule has 144 valence electrons. The Kier molecular flexibility index (Phi) is 4.46. The van der Waals surface area contributed by atoms with Gasteiger partial charge in [-0.1, -0.05) is 30.3 Å². The summed E-state index contributed by atoms with van der Waals surface area (Å²) in [7, 11) is 0. The summed E-state index contributed by atoms with van der Waals surface area (Å²) in [5.74, 6) is -0.0804. The number of nitrogens with two attached hydrogens (primary N) is 1. The van der Waals surface area contributed by atoms with Crippen LogP contribution >= 0.6 is 0 Å². The van der Waals surface area contributed by atoms with Gasteiger partial charge in [0.05, 0.1) is 5.56 Å². The Hall–Kier alpha value is -3.42. The van der Waals surface area contributed by atoms with Gasteiger partial charge in [-0.25, -0.2) is 9.78 Å². The van der Waals surface area contributed by atoms with Gasteiger partial charge < -0.3 is 15.5 Å². The molecule has 0 saturated carbocycles. The van der Waals surface area contributed by atoms with E-state index >= 15 is 0 Å². The lowest BCUT2D eigenvalue weighted by molar-refractivity contribution is -0.129. The molecule has 2 fully saturated rings. The van der Waals surface area contributed by atoms with E-state index in [4.69, 9.17) is 5.73 Å². The fraction of sp³-hybridized carbons (Fsp3) is 0.300. The first kappa shape index (κ1) is 18.0. The summed E-state index contributed by atoms with van der Waals surface area (Å²) < 4.78 is 0. The van der Waals surface area contributed by atoms with Gasteiger partial charge in [0.2, 0.25) is 0 Å². The first-order valence-corrected chi connectivity index (χ1v) is 9.17. The van der Waals surface area contributed by atoms with Gasteiger partial charge in [0, 0.05) is 25.8 Å². The lowest BCUT2D eigenvalue weighted by Gasteiger charge is -2.42. The van der Waals surface area contributed by atoms with E-state index in [0.717, 1.165) is 5.56 Å². The van der Waals surface area contributed by atoms with Gasteiger partial charge in [-0.05, 0) is 30.5 Å². The van der Waals surface area contributed by atoms with Gasteiger partial charge in [-0.2, -0.15) is 0 Å². The van der Waals surface area contributed by atoms with Gasteiger partial charge in [0.15, 0.2) is 0 Å². The molecule has 2 aliphatic rings. The van der Waals surface area contributed by atoms with Gasteiger partial charge in [0.1, 0.15) is 11.4 Å². The summed E-state index contributed by atoms with van der Waals surface area (Å²) >= 11 is 0. The molecule has 3 N–H and O–H groups in total. The Morgan fingerprint density at radius 2 is 1.82 bits per heavy atom. The lowest BCUT2D eigenvalue weighted by atomic mass is 9.85. The zero-order valence-electron chi connectivity index (χ0n) is 15.3. The predicted molar refractivity (Wildman–Crippen MR) is 102 cm³/mol. The second kappa shape index (κ2) is 6.95. The fourth-order valence-electron chi connectivity index (χ4n) is 3.88. The van der Waals surface area contributed by atoms with Crippen molar-refractivity contribution >= 4 is 23.7 Å². The highest BCUT2D eigenvalue weighted by Gasteiger charge is 2.54. The summed E-state index contributed by atoms with van der Waals surface area (Å²) in [6.45, 7) is 1.12.